The van der Waals surface area contributed by atoms with Crippen LogP contribution in [0.25, 0.3) is 10.9 Å². The summed E-state index contributed by atoms with van der Waals surface area (Å²) in [6, 6.07) is 20.0. The van der Waals surface area contributed by atoms with Gasteiger partial charge in [-0.05, 0) is 87.9 Å². The van der Waals surface area contributed by atoms with E-state index in [1.54, 1.807) is 5.56 Å². The molecule has 2 fully saturated rings. The van der Waals surface area contributed by atoms with Gasteiger partial charge in [-0.25, -0.2) is 0 Å². The number of aryl methyl sites for hydroxylation is 1. The van der Waals surface area contributed by atoms with Crippen LogP contribution in [-0.4, -0.2) is 23.2 Å². The van der Waals surface area contributed by atoms with E-state index in [0.717, 1.165) is 13.0 Å². The first-order chi connectivity index (χ1) is 16.7. The van der Waals surface area contributed by atoms with E-state index in [2.05, 4.69) is 71.5 Å². The highest BCUT2D eigenvalue weighted by atomic mass is 35.5. The number of halogens is 2. The fourth-order valence-corrected chi connectivity index (χ4v) is 6.49. The summed E-state index contributed by atoms with van der Waals surface area (Å²) in [6.07, 6.45) is 16.4. The molecule has 0 aliphatic heterocycles. The molecule has 2 aromatic carbocycles. The van der Waals surface area contributed by atoms with Crippen molar-refractivity contribution in [2.24, 2.45) is 5.73 Å². The summed E-state index contributed by atoms with van der Waals surface area (Å²) in [5.74, 6) is 0.523. The quantitative estimate of drug-likeness (QED) is 0.311. The first-order valence-corrected chi connectivity index (χ1v) is 13.8. The Bertz CT molecular complexity index is 1060. The molecule has 36 heavy (non-hydrogen) atoms. The highest BCUT2D eigenvalue weighted by Crippen LogP contribution is 2.37. The number of hydrogen-bond acceptors (Lipinski definition) is 2. The molecule has 1 aromatic heterocycles. The smallest absolute Gasteiger partial charge is 0.0485 e. The van der Waals surface area contributed by atoms with Crippen molar-refractivity contribution in [1.82, 2.24) is 9.88 Å². The Labute approximate surface area is 230 Å². The van der Waals surface area contributed by atoms with Gasteiger partial charge in [-0.3, -0.25) is 0 Å². The molecule has 198 valence electrons. The van der Waals surface area contributed by atoms with Crippen molar-refractivity contribution >= 4 is 35.7 Å². The third-order valence-corrected chi connectivity index (χ3v) is 8.44. The second-order valence-electron chi connectivity index (χ2n) is 11.0. The highest BCUT2D eigenvalue weighted by molar-refractivity contribution is 5.86. The van der Waals surface area contributed by atoms with Gasteiger partial charge in [-0.2, -0.15) is 0 Å². The monoisotopic (exact) mass is 529 g/mol. The lowest BCUT2D eigenvalue weighted by Crippen LogP contribution is -2.38. The van der Waals surface area contributed by atoms with Crippen LogP contribution in [-0.2, 0) is 6.42 Å². The maximum atomic E-state index is 6.13. The fraction of sp³-hybridized carbons (Fsp3) is 0.548. The van der Waals surface area contributed by atoms with E-state index in [1.165, 1.54) is 86.2 Å². The summed E-state index contributed by atoms with van der Waals surface area (Å²) >= 11 is 0. The number of benzene rings is 2. The van der Waals surface area contributed by atoms with Crippen LogP contribution < -0.4 is 11.1 Å². The zero-order valence-electron chi connectivity index (χ0n) is 21.8. The van der Waals surface area contributed by atoms with Gasteiger partial charge in [0.2, 0.25) is 0 Å². The van der Waals surface area contributed by atoms with E-state index < -0.39 is 0 Å². The Hall–Kier alpha value is -1.52. The van der Waals surface area contributed by atoms with E-state index >= 15 is 0 Å². The molecule has 2 saturated carbocycles. The predicted octanol–water partition coefficient (Wildman–Crippen LogP) is 7.87. The lowest BCUT2D eigenvalue weighted by atomic mass is 9.88. The van der Waals surface area contributed by atoms with Crippen LogP contribution in [0, 0.1) is 6.92 Å². The molecule has 0 bridgehead atoms. The van der Waals surface area contributed by atoms with Gasteiger partial charge in [-0.15, -0.1) is 24.8 Å². The fourth-order valence-electron chi connectivity index (χ4n) is 6.49. The molecule has 2 aliphatic carbocycles. The average molecular weight is 531 g/mol. The van der Waals surface area contributed by atoms with Crippen LogP contribution in [0.2, 0.25) is 0 Å². The van der Waals surface area contributed by atoms with Crippen molar-refractivity contribution in [3.8, 4) is 0 Å². The zero-order chi connectivity index (χ0) is 23.3. The standard InChI is InChI=1S/C31H43N3.2ClH/c1-23-8-7-9-24(20-23)21-25(18-19-33-27-16-14-26(32)15-17-27)30-22-34(28-10-3-2-4-11-28)31-13-6-5-12-29(30)31;;/h5-9,12-13,20,22,25-28,33H,2-4,10-11,14-19,21,32H2,1H3;2*1H. The molecule has 5 heteroatoms. The molecule has 5 rings (SSSR count). The molecular weight excluding hydrogens is 485 g/mol. The second kappa shape index (κ2) is 13.9. The van der Waals surface area contributed by atoms with Gasteiger partial charge in [0.05, 0.1) is 0 Å². The lowest BCUT2D eigenvalue weighted by molar-refractivity contribution is 0.338. The van der Waals surface area contributed by atoms with Crippen LogP contribution in [0.5, 0.6) is 0 Å². The SMILES string of the molecule is Cc1cccc(CC(CCNC2CCC(N)CC2)c2cn(C3CCCCC3)c3ccccc23)c1.Cl.Cl. The van der Waals surface area contributed by atoms with Crippen molar-refractivity contribution in [3.05, 3.63) is 71.4 Å². The molecule has 1 heterocycles. The average Bonchev–Trinajstić information content (AvgIpc) is 3.25. The molecule has 0 radical (unpaired) electrons. The normalized spacial score (nSPS) is 21.5. The lowest BCUT2D eigenvalue weighted by Gasteiger charge is -2.28. The number of fused-ring (bicyclic) bond motifs is 1. The van der Waals surface area contributed by atoms with Gasteiger partial charge in [0.15, 0.2) is 0 Å². The number of rotatable bonds is 8. The van der Waals surface area contributed by atoms with Gasteiger partial charge in [0, 0.05) is 35.2 Å². The number of nitrogens with two attached hydrogens (primary N) is 1. The Morgan fingerprint density at radius 3 is 2.42 bits per heavy atom. The van der Waals surface area contributed by atoms with E-state index in [4.69, 9.17) is 5.73 Å². The van der Waals surface area contributed by atoms with Crippen molar-refractivity contribution in [2.45, 2.75) is 102 Å². The van der Waals surface area contributed by atoms with Crippen LogP contribution in [0.1, 0.15) is 92.9 Å². The number of hydrogen-bond donors (Lipinski definition) is 2. The molecule has 1 atom stereocenters. The van der Waals surface area contributed by atoms with Gasteiger partial charge in [0.25, 0.3) is 0 Å². The van der Waals surface area contributed by atoms with Gasteiger partial charge < -0.3 is 15.6 Å². The molecule has 3 N–H and O–H groups in total. The van der Waals surface area contributed by atoms with E-state index in [1.807, 2.05) is 0 Å². The largest absolute Gasteiger partial charge is 0.344 e. The molecular formula is C31H45Cl2N3. The molecule has 3 nitrogen and oxygen atoms in total. The van der Waals surface area contributed by atoms with Gasteiger partial charge >= 0.3 is 0 Å². The summed E-state index contributed by atoms with van der Waals surface area (Å²) in [5, 5.41) is 5.36. The predicted molar refractivity (Wildman–Crippen MR) is 159 cm³/mol. The van der Waals surface area contributed by atoms with Crippen molar-refractivity contribution in [2.75, 3.05) is 6.54 Å². The minimum absolute atomic E-state index is 0. The highest BCUT2D eigenvalue weighted by Gasteiger charge is 2.24. The summed E-state index contributed by atoms with van der Waals surface area (Å²) in [5.41, 5.74) is 11.9. The van der Waals surface area contributed by atoms with Crippen molar-refractivity contribution < 1.29 is 0 Å². The first kappa shape index (κ1) is 29.0. The first-order valence-electron chi connectivity index (χ1n) is 13.8. The number of nitrogens with one attached hydrogen (secondary N) is 1. The third-order valence-electron chi connectivity index (χ3n) is 8.44. The minimum atomic E-state index is 0. The molecule has 0 amide bonds. The maximum absolute atomic E-state index is 6.13. The van der Waals surface area contributed by atoms with E-state index in [9.17, 15) is 0 Å². The van der Waals surface area contributed by atoms with Crippen LogP contribution in [0.3, 0.4) is 0 Å². The Kier molecular flexibility index (Phi) is 11.2. The summed E-state index contributed by atoms with van der Waals surface area (Å²) in [6.45, 7) is 3.29. The minimum Gasteiger partial charge on any atom is -0.344 e. The van der Waals surface area contributed by atoms with Crippen LogP contribution in [0.15, 0.2) is 54.7 Å². The Balaban J connectivity index is 0.00000180. The Morgan fingerprint density at radius 2 is 1.67 bits per heavy atom. The van der Waals surface area contributed by atoms with Crippen LogP contribution in [0.4, 0.5) is 0 Å². The number of para-hydroxylation sites is 1. The summed E-state index contributed by atoms with van der Waals surface area (Å²) in [4.78, 5) is 0. The van der Waals surface area contributed by atoms with Crippen molar-refractivity contribution in [1.29, 1.82) is 0 Å². The molecule has 1 unspecified atom stereocenters. The maximum Gasteiger partial charge on any atom is 0.0485 e. The summed E-state index contributed by atoms with van der Waals surface area (Å²) in [7, 11) is 0. The summed E-state index contributed by atoms with van der Waals surface area (Å²) < 4.78 is 2.64. The third kappa shape index (κ3) is 7.07. The Morgan fingerprint density at radius 1 is 0.917 bits per heavy atom. The van der Waals surface area contributed by atoms with Gasteiger partial charge in [-0.1, -0.05) is 67.3 Å². The van der Waals surface area contributed by atoms with E-state index in [-0.39, 0.29) is 24.8 Å². The molecule has 0 spiro atoms. The van der Waals surface area contributed by atoms with E-state index in [0.29, 0.717) is 24.0 Å². The zero-order valence-corrected chi connectivity index (χ0v) is 23.5. The van der Waals surface area contributed by atoms with Gasteiger partial charge in [0.1, 0.15) is 0 Å². The van der Waals surface area contributed by atoms with Crippen molar-refractivity contribution in [3.63, 3.8) is 0 Å². The molecule has 0 saturated heterocycles. The van der Waals surface area contributed by atoms with Crippen LogP contribution >= 0.6 is 24.8 Å². The topological polar surface area (TPSA) is 43.0 Å². The number of aromatic nitrogens is 1. The molecule has 2 aliphatic rings. The number of nitrogens with zero attached hydrogens (tertiary/aromatic N) is 1. The molecule has 3 aromatic rings. The second-order valence-corrected chi connectivity index (χ2v) is 11.0.